The Kier molecular flexibility index (Phi) is 8.20. The standard InChI is InChI=1S/C34H30Cl2N6O3S/c35-26-7-14-30(31(36)20-26)32-21-41(28-10-12-29(13-11-28)42-22-34(43)39-46(42,44)45)33(38-32)19-23-1-3-24(4-2-23)25-5-8-27(9-6-25)40-17-15-37-16-18-40/h1-14,20-21,37H,15-19,22H2,(H,39,43). The van der Waals surface area contributed by atoms with Gasteiger partial charge in [-0.25, -0.2) is 14.0 Å². The van der Waals surface area contributed by atoms with Crippen LogP contribution in [0.2, 0.25) is 10.0 Å². The summed E-state index contributed by atoms with van der Waals surface area (Å²) in [5.41, 5.74) is 7.20. The van der Waals surface area contributed by atoms with Crippen LogP contribution in [0.3, 0.4) is 0 Å². The summed E-state index contributed by atoms with van der Waals surface area (Å²) in [6.45, 7) is 3.78. The lowest BCUT2D eigenvalue weighted by Gasteiger charge is -2.29. The molecule has 2 fully saturated rings. The van der Waals surface area contributed by atoms with Crippen molar-refractivity contribution in [2.24, 2.45) is 0 Å². The SMILES string of the molecule is O=C1CN(c2ccc(-n3cc(-c4ccc(Cl)cc4Cl)nc3Cc3ccc(-c4ccc(N5CCNCC5)cc4)cc3)cc2)S(=O)(=O)N1. The zero-order valence-electron chi connectivity index (χ0n) is 24.7. The molecule has 234 valence electrons. The summed E-state index contributed by atoms with van der Waals surface area (Å²) in [5, 5.41) is 4.42. The number of aromatic nitrogens is 2. The average Bonchev–Trinajstić information content (AvgIpc) is 3.60. The number of carbonyl (C=O) groups excluding carboxylic acids is 1. The third kappa shape index (κ3) is 6.21. The molecule has 0 unspecified atom stereocenters. The maximum Gasteiger partial charge on any atom is 0.326 e. The highest BCUT2D eigenvalue weighted by Crippen LogP contribution is 2.32. The van der Waals surface area contributed by atoms with Gasteiger partial charge in [0, 0.05) is 60.8 Å². The number of nitrogens with one attached hydrogen (secondary N) is 2. The number of benzene rings is 4. The first kappa shape index (κ1) is 30.3. The Bertz CT molecular complexity index is 2010. The maximum atomic E-state index is 12.3. The van der Waals surface area contributed by atoms with E-state index in [1.807, 2.05) is 21.6 Å². The fourth-order valence-corrected chi connectivity index (χ4v) is 7.49. The zero-order chi connectivity index (χ0) is 31.8. The third-order valence-corrected chi connectivity index (χ3v) is 10.2. The van der Waals surface area contributed by atoms with Gasteiger partial charge in [-0.1, -0.05) is 59.6 Å². The van der Waals surface area contributed by atoms with Gasteiger partial charge in [-0.05, 0) is 71.3 Å². The van der Waals surface area contributed by atoms with Gasteiger partial charge in [0.15, 0.2) is 0 Å². The van der Waals surface area contributed by atoms with Gasteiger partial charge >= 0.3 is 10.2 Å². The minimum Gasteiger partial charge on any atom is -0.369 e. The summed E-state index contributed by atoms with van der Waals surface area (Å²) in [4.78, 5) is 19.1. The monoisotopic (exact) mass is 672 g/mol. The number of nitrogens with zero attached hydrogens (tertiary/aromatic N) is 4. The molecule has 0 atom stereocenters. The van der Waals surface area contributed by atoms with Crippen molar-refractivity contribution >= 4 is 50.7 Å². The molecule has 2 N–H and O–H groups in total. The number of hydrogen-bond acceptors (Lipinski definition) is 6. The lowest BCUT2D eigenvalue weighted by atomic mass is 10.0. The number of anilines is 2. The smallest absolute Gasteiger partial charge is 0.326 e. The Labute approximate surface area is 277 Å². The molecular formula is C34H30Cl2N6O3S. The summed E-state index contributed by atoms with van der Waals surface area (Å²) < 4.78 is 29.7. The van der Waals surface area contributed by atoms with E-state index in [0.29, 0.717) is 27.8 Å². The zero-order valence-corrected chi connectivity index (χ0v) is 27.0. The van der Waals surface area contributed by atoms with Crippen LogP contribution in [-0.2, 0) is 21.4 Å². The predicted molar refractivity (Wildman–Crippen MR) is 183 cm³/mol. The molecule has 3 heterocycles. The molecule has 2 aliphatic heterocycles. The number of halogens is 2. The summed E-state index contributed by atoms with van der Waals surface area (Å²) >= 11 is 12.7. The van der Waals surface area contributed by atoms with Crippen molar-refractivity contribution in [3.63, 3.8) is 0 Å². The molecule has 1 aromatic heterocycles. The molecule has 0 bridgehead atoms. The van der Waals surface area contributed by atoms with Gasteiger partial charge in [-0.2, -0.15) is 8.42 Å². The Morgan fingerprint density at radius 1 is 0.783 bits per heavy atom. The number of rotatable bonds is 7. The highest BCUT2D eigenvalue weighted by Gasteiger charge is 2.34. The predicted octanol–water partition coefficient (Wildman–Crippen LogP) is 5.69. The molecule has 4 aromatic carbocycles. The molecular weight excluding hydrogens is 643 g/mol. The van der Waals surface area contributed by atoms with Crippen molar-refractivity contribution in [3.8, 4) is 28.1 Å². The first-order valence-electron chi connectivity index (χ1n) is 14.9. The normalized spacial score (nSPS) is 16.1. The van der Waals surface area contributed by atoms with Gasteiger partial charge in [0.05, 0.1) is 16.4 Å². The van der Waals surface area contributed by atoms with Crippen molar-refractivity contribution in [1.82, 2.24) is 19.6 Å². The van der Waals surface area contributed by atoms with E-state index in [1.165, 1.54) is 5.69 Å². The number of amides is 1. The maximum absolute atomic E-state index is 12.3. The van der Waals surface area contributed by atoms with Crippen LogP contribution >= 0.6 is 23.2 Å². The van der Waals surface area contributed by atoms with Crippen molar-refractivity contribution in [3.05, 3.63) is 119 Å². The molecule has 2 aliphatic rings. The highest BCUT2D eigenvalue weighted by atomic mass is 35.5. The summed E-state index contributed by atoms with van der Waals surface area (Å²) in [6.07, 6.45) is 2.44. The Hall–Kier alpha value is -4.35. The van der Waals surface area contributed by atoms with Crippen LogP contribution in [0.15, 0.2) is 97.2 Å². The number of imidazole rings is 1. The lowest BCUT2D eigenvalue weighted by Crippen LogP contribution is -2.43. The van der Waals surface area contributed by atoms with E-state index in [-0.39, 0.29) is 6.54 Å². The third-order valence-electron chi connectivity index (χ3n) is 8.22. The second-order valence-electron chi connectivity index (χ2n) is 11.2. The van der Waals surface area contributed by atoms with Crippen molar-refractivity contribution < 1.29 is 13.2 Å². The van der Waals surface area contributed by atoms with Gasteiger partial charge in [0.1, 0.15) is 12.4 Å². The molecule has 12 heteroatoms. The molecule has 1 amide bonds. The average molecular weight is 674 g/mol. The van der Waals surface area contributed by atoms with Gasteiger partial charge in [-0.3, -0.25) is 4.79 Å². The van der Waals surface area contributed by atoms with Crippen molar-refractivity contribution in [2.45, 2.75) is 6.42 Å². The topological polar surface area (TPSA) is 99.6 Å². The Morgan fingerprint density at radius 3 is 2.04 bits per heavy atom. The van der Waals surface area contributed by atoms with E-state index in [9.17, 15) is 13.2 Å². The molecule has 0 aliphatic carbocycles. The van der Waals surface area contributed by atoms with Crippen LogP contribution < -0.4 is 19.2 Å². The van der Waals surface area contributed by atoms with Gasteiger partial charge in [-0.15, -0.1) is 0 Å². The molecule has 9 nitrogen and oxygen atoms in total. The minimum absolute atomic E-state index is 0.256. The van der Waals surface area contributed by atoms with Crippen molar-refractivity contribution in [1.29, 1.82) is 0 Å². The van der Waals surface area contributed by atoms with Crippen LogP contribution in [0.4, 0.5) is 11.4 Å². The first-order chi connectivity index (χ1) is 22.2. The fourth-order valence-electron chi connectivity index (χ4n) is 5.84. The number of carbonyl (C=O) groups is 1. The molecule has 0 saturated carbocycles. The van der Waals surface area contributed by atoms with Gasteiger partial charge in [0.25, 0.3) is 5.91 Å². The highest BCUT2D eigenvalue weighted by molar-refractivity contribution is 7.92. The van der Waals surface area contributed by atoms with E-state index < -0.39 is 16.1 Å². The number of piperazine rings is 1. The van der Waals surface area contributed by atoms with Gasteiger partial charge < -0.3 is 14.8 Å². The second-order valence-corrected chi connectivity index (χ2v) is 13.7. The molecule has 5 aromatic rings. The van der Waals surface area contributed by atoms with Crippen LogP contribution in [0, 0.1) is 0 Å². The summed E-state index contributed by atoms with van der Waals surface area (Å²) in [7, 11) is -3.90. The number of hydrogen-bond donors (Lipinski definition) is 2. The van der Waals surface area contributed by atoms with Crippen LogP contribution in [0.1, 0.15) is 11.4 Å². The Balaban J connectivity index is 1.17. The first-order valence-corrected chi connectivity index (χ1v) is 17.1. The van der Waals surface area contributed by atoms with Gasteiger partial charge in [0.2, 0.25) is 0 Å². The van der Waals surface area contributed by atoms with E-state index >= 15 is 0 Å². The molecule has 0 radical (unpaired) electrons. The van der Waals surface area contributed by atoms with Crippen molar-refractivity contribution in [2.75, 3.05) is 41.9 Å². The lowest BCUT2D eigenvalue weighted by molar-refractivity contribution is -0.117. The van der Waals surface area contributed by atoms with Crippen LogP contribution in [0.5, 0.6) is 0 Å². The van der Waals surface area contributed by atoms with Crippen LogP contribution in [-0.4, -0.2) is 56.6 Å². The molecule has 7 rings (SSSR count). The molecule has 0 spiro atoms. The fraction of sp³-hybridized carbons (Fsp3) is 0.176. The van der Waals surface area contributed by atoms with E-state index in [0.717, 1.165) is 64.2 Å². The quantitative estimate of drug-likeness (QED) is 0.230. The van der Waals surface area contributed by atoms with E-state index in [4.69, 9.17) is 28.2 Å². The van der Waals surface area contributed by atoms with Crippen LogP contribution in [0.25, 0.3) is 28.1 Å². The summed E-state index contributed by atoms with van der Waals surface area (Å²) in [5.74, 6) is 0.205. The van der Waals surface area contributed by atoms with E-state index in [1.54, 1.807) is 36.4 Å². The molecule has 2 saturated heterocycles. The second kappa shape index (κ2) is 12.4. The Morgan fingerprint density at radius 2 is 1.41 bits per heavy atom. The van der Waals surface area contributed by atoms with E-state index in [2.05, 4.69) is 58.7 Å². The summed E-state index contributed by atoms with van der Waals surface area (Å²) in [6, 6.07) is 29.5. The minimum atomic E-state index is -3.90. The molecule has 46 heavy (non-hydrogen) atoms. The largest absolute Gasteiger partial charge is 0.369 e.